The van der Waals surface area contributed by atoms with Crippen LogP contribution in [-0.2, 0) is 0 Å². The van der Waals surface area contributed by atoms with Crippen LogP contribution in [0.25, 0.3) is 0 Å². The molecule has 114 valence electrons. The minimum absolute atomic E-state index is 0.699. The van der Waals surface area contributed by atoms with Crippen molar-refractivity contribution in [3.63, 3.8) is 0 Å². The quantitative estimate of drug-likeness (QED) is 0.597. The topological polar surface area (TPSA) is 15.3 Å². The van der Waals surface area contributed by atoms with Gasteiger partial charge in [0, 0.05) is 12.1 Å². The number of hydrogen-bond donors (Lipinski definition) is 1. The highest BCUT2D eigenvalue weighted by molar-refractivity contribution is 4.75. The van der Waals surface area contributed by atoms with Gasteiger partial charge in [-0.1, -0.05) is 39.5 Å². The summed E-state index contributed by atoms with van der Waals surface area (Å²) in [5, 5.41) is 3.58. The van der Waals surface area contributed by atoms with Crippen LogP contribution < -0.4 is 5.32 Å². The lowest BCUT2D eigenvalue weighted by Gasteiger charge is -2.33. The molecule has 0 spiro atoms. The van der Waals surface area contributed by atoms with E-state index in [4.69, 9.17) is 0 Å². The van der Waals surface area contributed by atoms with Crippen LogP contribution in [0.3, 0.4) is 0 Å². The van der Waals surface area contributed by atoms with Gasteiger partial charge in [-0.15, -0.1) is 0 Å². The predicted molar refractivity (Wildman–Crippen MR) is 85.7 cm³/mol. The van der Waals surface area contributed by atoms with Gasteiger partial charge < -0.3 is 10.2 Å². The van der Waals surface area contributed by atoms with Crippen LogP contribution in [0.5, 0.6) is 0 Å². The van der Waals surface area contributed by atoms with Crippen LogP contribution in [0.15, 0.2) is 0 Å². The van der Waals surface area contributed by atoms with E-state index in [9.17, 15) is 0 Å². The molecule has 2 nitrogen and oxygen atoms in total. The Labute approximate surface area is 121 Å². The maximum Gasteiger partial charge on any atom is 0.00951 e. The Morgan fingerprint density at radius 3 is 2.47 bits per heavy atom. The summed E-state index contributed by atoms with van der Waals surface area (Å²) in [7, 11) is 0. The summed E-state index contributed by atoms with van der Waals surface area (Å²) in [5.41, 5.74) is 0. The summed E-state index contributed by atoms with van der Waals surface area (Å²) in [5.74, 6) is 0. The highest BCUT2D eigenvalue weighted by atomic mass is 15.1. The molecule has 0 aromatic carbocycles. The molecule has 0 bridgehead atoms. The van der Waals surface area contributed by atoms with Gasteiger partial charge in [0.2, 0.25) is 0 Å². The van der Waals surface area contributed by atoms with Crippen molar-refractivity contribution in [2.75, 3.05) is 19.6 Å². The molecule has 0 saturated heterocycles. The van der Waals surface area contributed by atoms with Gasteiger partial charge in [-0.2, -0.15) is 0 Å². The van der Waals surface area contributed by atoms with Gasteiger partial charge in [0.1, 0.15) is 0 Å². The third-order valence-electron chi connectivity index (χ3n) is 4.57. The molecule has 0 aromatic rings. The molecule has 0 aliphatic heterocycles. The summed E-state index contributed by atoms with van der Waals surface area (Å²) in [6.07, 6.45) is 12.6. The van der Waals surface area contributed by atoms with Crippen molar-refractivity contribution in [3.8, 4) is 0 Å². The largest absolute Gasteiger partial charge is 0.314 e. The monoisotopic (exact) mass is 268 g/mol. The van der Waals surface area contributed by atoms with E-state index in [1.807, 2.05) is 0 Å². The first-order valence-corrected chi connectivity index (χ1v) is 8.75. The summed E-state index contributed by atoms with van der Waals surface area (Å²) in [4.78, 5) is 2.74. The molecule has 1 aliphatic rings. The van der Waals surface area contributed by atoms with Crippen LogP contribution in [0, 0.1) is 0 Å². The van der Waals surface area contributed by atoms with E-state index in [-0.39, 0.29) is 0 Å². The molecule has 1 unspecified atom stereocenters. The fourth-order valence-electron chi connectivity index (χ4n) is 3.30. The van der Waals surface area contributed by atoms with Gasteiger partial charge in [-0.25, -0.2) is 0 Å². The molecule has 0 amide bonds. The molecule has 0 radical (unpaired) electrons. The Bertz CT molecular complexity index is 199. The third-order valence-corrected chi connectivity index (χ3v) is 4.57. The lowest BCUT2D eigenvalue weighted by Crippen LogP contribution is -2.37. The van der Waals surface area contributed by atoms with Crippen molar-refractivity contribution in [3.05, 3.63) is 0 Å². The Morgan fingerprint density at radius 1 is 1.11 bits per heavy atom. The standard InChI is InChI=1S/C17H36N2/c1-4-14-18-16(3)11-9-10-15-19(5-2)17-12-7-6-8-13-17/h16-18H,4-15H2,1-3H3. The van der Waals surface area contributed by atoms with Gasteiger partial charge in [0.25, 0.3) is 0 Å². The number of nitrogens with zero attached hydrogens (tertiary/aromatic N) is 1. The second-order valence-electron chi connectivity index (χ2n) is 6.27. The van der Waals surface area contributed by atoms with E-state index in [0.29, 0.717) is 6.04 Å². The van der Waals surface area contributed by atoms with Gasteiger partial charge in [0.15, 0.2) is 0 Å². The van der Waals surface area contributed by atoms with Gasteiger partial charge in [-0.3, -0.25) is 0 Å². The Morgan fingerprint density at radius 2 is 1.84 bits per heavy atom. The predicted octanol–water partition coefficient (Wildman–Crippen LogP) is 4.20. The molecule has 1 fully saturated rings. The summed E-state index contributed by atoms with van der Waals surface area (Å²) >= 11 is 0. The first kappa shape index (κ1) is 17.0. The van der Waals surface area contributed by atoms with E-state index in [0.717, 1.165) is 6.04 Å². The first-order chi connectivity index (χ1) is 9.27. The Balaban J connectivity index is 2.08. The molecule has 1 atom stereocenters. The molecule has 1 aliphatic carbocycles. The summed E-state index contributed by atoms with van der Waals surface area (Å²) < 4.78 is 0. The average molecular weight is 268 g/mol. The summed E-state index contributed by atoms with van der Waals surface area (Å²) in [6.45, 7) is 10.6. The molecular weight excluding hydrogens is 232 g/mol. The maximum atomic E-state index is 3.58. The van der Waals surface area contributed by atoms with Crippen LogP contribution >= 0.6 is 0 Å². The SMILES string of the molecule is CCCNC(C)CCCCN(CC)C1CCCCC1. The normalized spacial score (nSPS) is 18.9. The van der Waals surface area contributed by atoms with E-state index < -0.39 is 0 Å². The highest BCUT2D eigenvalue weighted by Crippen LogP contribution is 2.22. The number of unbranched alkanes of at least 4 members (excludes halogenated alkanes) is 1. The zero-order chi connectivity index (χ0) is 13.9. The average Bonchev–Trinajstić information content (AvgIpc) is 2.46. The molecule has 1 N–H and O–H groups in total. The van der Waals surface area contributed by atoms with Crippen molar-refractivity contribution in [2.24, 2.45) is 0 Å². The molecule has 0 aromatic heterocycles. The molecule has 0 heterocycles. The number of hydrogen-bond acceptors (Lipinski definition) is 2. The van der Waals surface area contributed by atoms with Crippen molar-refractivity contribution in [1.29, 1.82) is 0 Å². The zero-order valence-corrected chi connectivity index (χ0v) is 13.6. The van der Waals surface area contributed by atoms with Gasteiger partial charge in [0.05, 0.1) is 0 Å². The highest BCUT2D eigenvalue weighted by Gasteiger charge is 2.19. The third kappa shape index (κ3) is 7.31. The Kier molecular flexibility index (Phi) is 9.54. The van der Waals surface area contributed by atoms with Crippen LogP contribution in [0.1, 0.15) is 78.6 Å². The fourth-order valence-corrected chi connectivity index (χ4v) is 3.30. The Hall–Kier alpha value is -0.0800. The smallest absolute Gasteiger partial charge is 0.00951 e. The van der Waals surface area contributed by atoms with Gasteiger partial charge in [-0.05, 0) is 58.7 Å². The lowest BCUT2D eigenvalue weighted by atomic mass is 9.94. The fraction of sp³-hybridized carbons (Fsp3) is 1.00. The second-order valence-corrected chi connectivity index (χ2v) is 6.27. The first-order valence-electron chi connectivity index (χ1n) is 8.75. The number of nitrogens with one attached hydrogen (secondary N) is 1. The van der Waals surface area contributed by atoms with Crippen molar-refractivity contribution in [1.82, 2.24) is 10.2 Å². The number of rotatable bonds is 10. The molecular formula is C17H36N2. The van der Waals surface area contributed by atoms with Crippen molar-refractivity contribution in [2.45, 2.75) is 90.6 Å². The maximum absolute atomic E-state index is 3.58. The minimum Gasteiger partial charge on any atom is -0.314 e. The second kappa shape index (κ2) is 10.7. The van der Waals surface area contributed by atoms with E-state index >= 15 is 0 Å². The lowest BCUT2D eigenvalue weighted by molar-refractivity contribution is 0.160. The molecule has 2 heteroatoms. The minimum atomic E-state index is 0.699. The summed E-state index contributed by atoms with van der Waals surface area (Å²) in [6, 6.07) is 1.60. The molecule has 1 saturated carbocycles. The molecule has 19 heavy (non-hydrogen) atoms. The van der Waals surface area contributed by atoms with Crippen molar-refractivity contribution >= 4 is 0 Å². The van der Waals surface area contributed by atoms with E-state index in [2.05, 4.69) is 31.0 Å². The van der Waals surface area contributed by atoms with Crippen LogP contribution in [0.4, 0.5) is 0 Å². The zero-order valence-electron chi connectivity index (χ0n) is 13.6. The van der Waals surface area contributed by atoms with E-state index in [1.54, 1.807) is 0 Å². The van der Waals surface area contributed by atoms with Crippen LogP contribution in [-0.4, -0.2) is 36.6 Å². The van der Waals surface area contributed by atoms with Crippen molar-refractivity contribution < 1.29 is 0 Å². The molecule has 1 rings (SSSR count). The van der Waals surface area contributed by atoms with Crippen LogP contribution in [0.2, 0.25) is 0 Å². The van der Waals surface area contributed by atoms with Gasteiger partial charge >= 0.3 is 0 Å². The van der Waals surface area contributed by atoms with E-state index in [1.165, 1.54) is 77.4 Å².